The van der Waals surface area contributed by atoms with Crippen LogP contribution in [0.4, 0.5) is 0 Å². The van der Waals surface area contributed by atoms with Crippen molar-refractivity contribution in [3.63, 3.8) is 0 Å². The van der Waals surface area contributed by atoms with Crippen LogP contribution in [0.1, 0.15) is 44.8 Å². The van der Waals surface area contributed by atoms with E-state index in [0.29, 0.717) is 10.8 Å². The quantitative estimate of drug-likeness (QED) is 0.843. The molecule has 2 unspecified atom stereocenters. The van der Waals surface area contributed by atoms with Crippen LogP contribution in [-0.2, 0) is 10.0 Å². The molecule has 1 aliphatic heterocycles. The number of piperidine rings is 1. The number of sulfonamides is 1. The van der Waals surface area contributed by atoms with E-state index >= 15 is 0 Å². The number of rotatable bonds is 3. The standard InChI is InChI=1S/C18H24N2O3S/c1-12-6-5-7-13(2)20(12)24(21,22)17-10-8-16(9-11-17)18-14(3)23-15(4)19-18/h8-13H,5-7H2,1-4H3. The van der Waals surface area contributed by atoms with E-state index < -0.39 is 10.0 Å². The Balaban J connectivity index is 1.93. The second-order valence-corrected chi connectivity index (χ2v) is 8.47. The van der Waals surface area contributed by atoms with Crippen LogP contribution in [0.15, 0.2) is 33.6 Å². The summed E-state index contributed by atoms with van der Waals surface area (Å²) in [6.45, 7) is 7.64. The zero-order chi connectivity index (χ0) is 17.5. The molecule has 1 aliphatic rings. The summed E-state index contributed by atoms with van der Waals surface area (Å²) in [4.78, 5) is 4.70. The molecule has 24 heavy (non-hydrogen) atoms. The van der Waals surface area contributed by atoms with Crippen molar-refractivity contribution in [2.24, 2.45) is 0 Å². The molecule has 1 aromatic carbocycles. The van der Waals surface area contributed by atoms with E-state index in [1.165, 1.54) is 0 Å². The molecule has 5 nitrogen and oxygen atoms in total. The van der Waals surface area contributed by atoms with Gasteiger partial charge in [-0.25, -0.2) is 13.4 Å². The Labute approximate surface area is 143 Å². The molecule has 1 fully saturated rings. The number of hydrogen-bond donors (Lipinski definition) is 0. The summed E-state index contributed by atoms with van der Waals surface area (Å²) in [5, 5.41) is 0. The molecular weight excluding hydrogens is 324 g/mol. The largest absolute Gasteiger partial charge is 0.446 e. The zero-order valence-corrected chi connectivity index (χ0v) is 15.4. The van der Waals surface area contributed by atoms with Crippen LogP contribution >= 0.6 is 0 Å². The minimum atomic E-state index is -3.47. The molecule has 3 rings (SSSR count). The highest BCUT2D eigenvalue weighted by Gasteiger charge is 2.35. The fraction of sp³-hybridized carbons (Fsp3) is 0.500. The molecule has 6 heteroatoms. The average molecular weight is 348 g/mol. The van der Waals surface area contributed by atoms with Gasteiger partial charge in [0.25, 0.3) is 0 Å². The van der Waals surface area contributed by atoms with E-state index in [9.17, 15) is 8.42 Å². The SMILES string of the molecule is Cc1nc(-c2ccc(S(=O)(=O)N3C(C)CCCC3C)cc2)c(C)o1. The predicted molar refractivity (Wildman–Crippen MR) is 93.2 cm³/mol. The maximum absolute atomic E-state index is 13.0. The predicted octanol–water partition coefficient (Wildman–Crippen LogP) is 3.91. The molecule has 0 bridgehead atoms. The minimum absolute atomic E-state index is 0.0406. The maximum Gasteiger partial charge on any atom is 0.243 e. The van der Waals surface area contributed by atoms with Crippen LogP contribution in [-0.4, -0.2) is 29.8 Å². The fourth-order valence-electron chi connectivity index (χ4n) is 3.57. The van der Waals surface area contributed by atoms with Gasteiger partial charge in [-0.2, -0.15) is 4.31 Å². The highest BCUT2D eigenvalue weighted by Crippen LogP contribution is 2.31. The van der Waals surface area contributed by atoms with Gasteiger partial charge in [0, 0.05) is 24.6 Å². The van der Waals surface area contributed by atoms with E-state index in [0.717, 1.165) is 36.3 Å². The number of aryl methyl sites for hydroxylation is 2. The number of oxazole rings is 1. The van der Waals surface area contributed by atoms with E-state index in [1.807, 2.05) is 20.8 Å². The van der Waals surface area contributed by atoms with Crippen LogP contribution in [0.5, 0.6) is 0 Å². The lowest BCUT2D eigenvalue weighted by Crippen LogP contribution is -2.47. The molecule has 1 aromatic heterocycles. The first-order valence-corrected chi connectivity index (χ1v) is 9.82. The van der Waals surface area contributed by atoms with Gasteiger partial charge >= 0.3 is 0 Å². The van der Waals surface area contributed by atoms with Crippen molar-refractivity contribution in [1.82, 2.24) is 9.29 Å². The Morgan fingerprint density at radius 1 is 1.08 bits per heavy atom. The van der Waals surface area contributed by atoms with E-state index in [4.69, 9.17) is 4.42 Å². The summed E-state index contributed by atoms with van der Waals surface area (Å²) in [5.41, 5.74) is 1.62. The zero-order valence-electron chi connectivity index (χ0n) is 14.6. The molecule has 0 saturated carbocycles. The number of benzene rings is 1. The van der Waals surface area contributed by atoms with E-state index in [2.05, 4.69) is 4.98 Å². The number of aromatic nitrogens is 1. The third-order valence-electron chi connectivity index (χ3n) is 4.72. The number of hydrogen-bond acceptors (Lipinski definition) is 4. The summed E-state index contributed by atoms with van der Waals surface area (Å²) in [5.74, 6) is 1.34. The van der Waals surface area contributed by atoms with Crippen LogP contribution < -0.4 is 0 Å². The Morgan fingerprint density at radius 2 is 1.67 bits per heavy atom. The molecule has 0 N–H and O–H groups in total. The first-order chi connectivity index (χ1) is 11.3. The van der Waals surface area contributed by atoms with Gasteiger partial charge in [0.05, 0.1) is 4.90 Å². The molecule has 1 saturated heterocycles. The van der Waals surface area contributed by atoms with Crippen LogP contribution in [0, 0.1) is 13.8 Å². The molecule has 2 aromatic rings. The smallest absolute Gasteiger partial charge is 0.243 e. The summed E-state index contributed by atoms with van der Waals surface area (Å²) < 4.78 is 33.2. The van der Waals surface area contributed by atoms with Crippen LogP contribution in [0.2, 0.25) is 0 Å². The van der Waals surface area contributed by atoms with Crippen molar-refractivity contribution in [2.45, 2.75) is 63.9 Å². The summed E-state index contributed by atoms with van der Waals surface area (Å²) in [7, 11) is -3.47. The lowest BCUT2D eigenvalue weighted by Gasteiger charge is -2.37. The third kappa shape index (κ3) is 3.00. The van der Waals surface area contributed by atoms with Crippen molar-refractivity contribution in [3.8, 4) is 11.3 Å². The third-order valence-corrected chi connectivity index (χ3v) is 6.86. The highest BCUT2D eigenvalue weighted by atomic mass is 32.2. The molecule has 0 spiro atoms. The van der Waals surface area contributed by atoms with Gasteiger partial charge in [0.2, 0.25) is 10.0 Å². The summed E-state index contributed by atoms with van der Waals surface area (Å²) in [6.07, 6.45) is 2.91. The Morgan fingerprint density at radius 3 is 2.17 bits per heavy atom. The van der Waals surface area contributed by atoms with Gasteiger partial charge in [-0.3, -0.25) is 0 Å². The fourth-order valence-corrected chi connectivity index (χ4v) is 5.46. The van der Waals surface area contributed by atoms with Crippen molar-refractivity contribution in [1.29, 1.82) is 0 Å². The first-order valence-electron chi connectivity index (χ1n) is 8.38. The van der Waals surface area contributed by atoms with Crippen molar-refractivity contribution >= 4 is 10.0 Å². The summed E-state index contributed by atoms with van der Waals surface area (Å²) in [6, 6.07) is 7.02. The van der Waals surface area contributed by atoms with Gasteiger partial charge in [-0.1, -0.05) is 18.6 Å². The molecule has 0 amide bonds. The topological polar surface area (TPSA) is 63.4 Å². The molecule has 0 radical (unpaired) electrons. The van der Waals surface area contributed by atoms with E-state index in [1.54, 1.807) is 35.5 Å². The molecular formula is C18H24N2O3S. The van der Waals surface area contributed by atoms with Gasteiger partial charge in [0.1, 0.15) is 11.5 Å². The minimum Gasteiger partial charge on any atom is -0.446 e. The van der Waals surface area contributed by atoms with Gasteiger partial charge in [0.15, 0.2) is 5.89 Å². The van der Waals surface area contributed by atoms with Gasteiger partial charge < -0.3 is 4.42 Å². The van der Waals surface area contributed by atoms with Crippen molar-refractivity contribution < 1.29 is 12.8 Å². The van der Waals surface area contributed by atoms with E-state index in [-0.39, 0.29) is 12.1 Å². The van der Waals surface area contributed by atoms with Crippen molar-refractivity contribution in [3.05, 3.63) is 35.9 Å². The maximum atomic E-state index is 13.0. The lowest BCUT2D eigenvalue weighted by molar-refractivity contribution is 0.204. The molecule has 2 atom stereocenters. The normalized spacial score (nSPS) is 22.7. The second kappa shape index (κ2) is 6.33. The lowest BCUT2D eigenvalue weighted by atomic mass is 10.0. The molecule has 0 aliphatic carbocycles. The number of nitrogens with zero attached hydrogens (tertiary/aromatic N) is 2. The second-order valence-electron chi connectivity index (χ2n) is 6.63. The highest BCUT2D eigenvalue weighted by molar-refractivity contribution is 7.89. The Hall–Kier alpha value is -1.66. The average Bonchev–Trinajstić information content (AvgIpc) is 2.85. The molecule has 130 valence electrons. The molecule has 2 heterocycles. The monoisotopic (exact) mass is 348 g/mol. The Kier molecular flexibility index (Phi) is 4.53. The van der Waals surface area contributed by atoms with Crippen molar-refractivity contribution in [2.75, 3.05) is 0 Å². The van der Waals surface area contributed by atoms with Gasteiger partial charge in [-0.15, -0.1) is 0 Å². The first kappa shape index (κ1) is 17.2. The van der Waals surface area contributed by atoms with Gasteiger partial charge in [-0.05, 0) is 45.7 Å². The Bertz CT molecular complexity index is 814. The summed E-state index contributed by atoms with van der Waals surface area (Å²) >= 11 is 0. The van der Waals surface area contributed by atoms with Crippen LogP contribution in [0.25, 0.3) is 11.3 Å². The van der Waals surface area contributed by atoms with Crippen LogP contribution in [0.3, 0.4) is 0 Å².